The zero-order valence-electron chi connectivity index (χ0n) is 13.8. The highest BCUT2D eigenvalue weighted by molar-refractivity contribution is 7.09. The molecule has 0 spiro atoms. The maximum atomic E-state index is 12.6. The fourth-order valence-electron chi connectivity index (χ4n) is 2.65. The summed E-state index contributed by atoms with van der Waals surface area (Å²) in [5.41, 5.74) is 1.90. The number of aromatic nitrogens is 1. The third-order valence-electron chi connectivity index (χ3n) is 3.81. The van der Waals surface area contributed by atoms with Crippen LogP contribution in [0.1, 0.15) is 17.5 Å². The van der Waals surface area contributed by atoms with Gasteiger partial charge in [0.1, 0.15) is 16.9 Å². The molecule has 1 aliphatic heterocycles. The number of fused-ring (bicyclic) bond motifs is 1. The van der Waals surface area contributed by atoms with Gasteiger partial charge in [0.15, 0.2) is 0 Å². The van der Waals surface area contributed by atoms with Crippen molar-refractivity contribution < 1.29 is 14.3 Å². The summed E-state index contributed by atoms with van der Waals surface area (Å²) in [7, 11) is 1.63. The van der Waals surface area contributed by atoms with E-state index < -0.39 is 0 Å². The zero-order chi connectivity index (χ0) is 16.9. The minimum atomic E-state index is -0.158. The van der Waals surface area contributed by atoms with Crippen molar-refractivity contribution in [1.82, 2.24) is 9.88 Å². The third kappa shape index (κ3) is 4.04. The molecule has 128 valence electrons. The fourth-order valence-corrected chi connectivity index (χ4v) is 3.28. The summed E-state index contributed by atoms with van der Waals surface area (Å²) in [6.07, 6.45) is 2.80. The van der Waals surface area contributed by atoms with Crippen molar-refractivity contribution in [3.8, 4) is 5.75 Å². The molecule has 7 heteroatoms. The number of urea groups is 1. The van der Waals surface area contributed by atoms with E-state index >= 15 is 0 Å². The first-order valence-electron chi connectivity index (χ1n) is 7.88. The average Bonchev–Trinajstić information content (AvgIpc) is 3.19. The van der Waals surface area contributed by atoms with Crippen molar-refractivity contribution in [2.24, 2.45) is 0 Å². The van der Waals surface area contributed by atoms with E-state index in [2.05, 4.69) is 10.3 Å². The van der Waals surface area contributed by atoms with Gasteiger partial charge in [0.05, 0.1) is 13.2 Å². The fraction of sp³-hybridized carbons (Fsp3) is 0.412. The molecule has 1 atom stereocenters. The Morgan fingerprint density at radius 1 is 1.54 bits per heavy atom. The highest BCUT2D eigenvalue weighted by atomic mass is 32.1. The number of amides is 2. The Balaban J connectivity index is 1.67. The molecule has 1 N–H and O–H groups in total. The van der Waals surface area contributed by atoms with E-state index in [0.717, 1.165) is 28.4 Å². The van der Waals surface area contributed by atoms with Crippen LogP contribution < -0.4 is 10.1 Å². The van der Waals surface area contributed by atoms with Gasteiger partial charge in [-0.15, -0.1) is 11.3 Å². The van der Waals surface area contributed by atoms with Crippen LogP contribution in [0.2, 0.25) is 0 Å². The summed E-state index contributed by atoms with van der Waals surface area (Å²) in [6.45, 7) is 3.50. The van der Waals surface area contributed by atoms with Crippen molar-refractivity contribution in [1.29, 1.82) is 0 Å². The van der Waals surface area contributed by atoms with Crippen molar-refractivity contribution in [2.75, 3.05) is 25.6 Å². The van der Waals surface area contributed by atoms with Crippen molar-refractivity contribution >= 4 is 23.1 Å². The van der Waals surface area contributed by atoms with Crippen LogP contribution in [0.5, 0.6) is 5.75 Å². The molecule has 1 aromatic heterocycles. The minimum absolute atomic E-state index is 0.158. The molecular weight excluding hydrogens is 326 g/mol. The summed E-state index contributed by atoms with van der Waals surface area (Å²) >= 11 is 1.53. The van der Waals surface area contributed by atoms with E-state index in [4.69, 9.17) is 9.47 Å². The van der Waals surface area contributed by atoms with Gasteiger partial charge < -0.3 is 19.7 Å². The Morgan fingerprint density at radius 2 is 2.42 bits per heavy atom. The van der Waals surface area contributed by atoms with Gasteiger partial charge in [-0.3, -0.25) is 0 Å². The average molecular weight is 347 g/mol. The number of anilines is 1. The number of thiazole rings is 1. The summed E-state index contributed by atoms with van der Waals surface area (Å²) in [6, 6.07) is 5.60. The number of nitrogens with one attached hydrogen (secondary N) is 1. The van der Waals surface area contributed by atoms with Gasteiger partial charge in [-0.2, -0.15) is 0 Å². The van der Waals surface area contributed by atoms with Crippen LogP contribution in [0.3, 0.4) is 0 Å². The van der Waals surface area contributed by atoms with Gasteiger partial charge in [0, 0.05) is 37.3 Å². The van der Waals surface area contributed by atoms with Crippen molar-refractivity contribution in [3.63, 3.8) is 0 Å². The highest BCUT2D eigenvalue weighted by Crippen LogP contribution is 2.31. The highest BCUT2D eigenvalue weighted by Gasteiger charge is 2.20. The van der Waals surface area contributed by atoms with Crippen molar-refractivity contribution in [2.45, 2.75) is 26.0 Å². The maximum Gasteiger partial charge on any atom is 0.322 e. The Morgan fingerprint density at radius 3 is 3.17 bits per heavy atom. The Hall–Kier alpha value is -2.12. The number of carbonyl (C=O) groups is 1. The molecule has 3 rings (SSSR count). The number of carbonyl (C=O) groups excluding carboxylic acids is 1. The number of hydrogen-bond acceptors (Lipinski definition) is 5. The molecule has 0 bridgehead atoms. The Bertz CT molecular complexity index is 690. The van der Waals surface area contributed by atoms with Crippen LogP contribution in [0.25, 0.3) is 0 Å². The van der Waals surface area contributed by atoms with Crippen LogP contribution in [0.4, 0.5) is 10.5 Å². The monoisotopic (exact) mass is 347 g/mol. The first-order valence-corrected chi connectivity index (χ1v) is 8.76. The summed E-state index contributed by atoms with van der Waals surface area (Å²) in [4.78, 5) is 18.6. The summed E-state index contributed by atoms with van der Waals surface area (Å²) in [5.74, 6) is 0.902. The predicted octanol–water partition coefficient (Wildman–Crippen LogP) is 3.15. The molecule has 0 saturated heterocycles. The second kappa shape index (κ2) is 7.63. The molecule has 0 aliphatic carbocycles. The molecule has 2 heterocycles. The maximum absolute atomic E-state index is 12.6. The molecule has 24 heavy (non-hydrogen) atoms. The lowest BCUT2D eigenvalue weighted by molar-refractivity contribution is 0.153. The Kier molecular flexibility index (Phi) is 5.32. The second-order valence-corrected chi connectivity index (χ2v) is 6.70. The van der Waals surface area contributed by atoms with E-state index in [1.165, 1.54) is 11.3 Å². The molecule has 1 aromatic carbocycles. The first-order chi connectivity index (χ1) is 11.7. The van der Waals surface area contributed by atoms with Gasteiger partial charge in [-0.1, -0.05) is 0 Å². The van der Waals surface area contributed by atoms with Crippen LogP contribution >= 0.6 is 11.3 Å². The lowest BCUT2D eigenvalue weighted by Gasteiger charge is -2.22. The second-order valence-electron chi connectivity index (χ2n) is 5.73. The van der Waals surface area contributed by atoms with Crippen LogP contribution in [0.15, 0.2) is 29.8 Å². The van der Waals surface area contributed by atoms with Crippen molar-refractivity contribution in [3.05, 3.63) is 40.3 Å². The normalized spacial score (nSPS) is 15.7. The SMILES string of the molecule is COCCN(Cc1nccs1)C(=O)Nc1ccc2c(c1)C[C@@H](C)O2. The third-order valence-corrected chi connectivity index (χ3v) is 4.57. The number of hydrogen-bond donors (Lipinski definition) is 1. The predicted molar refractivity (Wildman–Crippen MR) is 93.7 cm³/mol. The quantitative estimate of drug-likeness (QED) is 0.872. The number of methoxy groups -OCH3 is 1. The number of nitrogens with zero attached hydrogens (tertiary/aromatic N) is 2. The lowest BCUT2D eigenvalue weighted by Crippen LogP contribution is -2.36. The molecule has 2 amide bonds. The number of rotatable bonds is 6. The van der Waals surface area contributed by atoms with Gasteiger partial charge in [-0.25, -0.2) is 9.78 Å². The topological polar surface area (TPSA) is 63.7 Å². The molecule has 6 nitrogen and oxygen atoms in total. The molecule has 0 saturated carbocycles. The van der Waals surface area contributed by atoms with Gasteiger partial charge in [0.25, 0.3) is 0 Å². The summed E-state index contributed by atoms with van der Waals surface area (Å²) in [5, 5.41) is 5.77. The van der Waals surface area contributed by atoms with E-state index in [1.54, 1.807) is 18.2 Å². The lowest BCUT2D eigenvalue weighted by atomic mass is 10.1. The molecule has 0 fully saturated rings. The number of benzene rings is 1. The largest absolute Gasteiger partial charge is 0.490 e. The molecule has 0 unspecified atom stereocenters. The molecule has 2 aromatic rings. The zero-order valence-corrected chi connectivity index (χ0v) is 14.6. The molecular formula is C17H21N3O3S. The first kappa shape index (κ1) is 16.7. The standard InChI is InChI=1S/C17H21N3O3S/c1-12-9-13-10-14(3-4-15(13)23-12)19-17(21)20(6-7-22-2)11-16-18-5-8-24-16/h3-5,8,10,12H,6-7,9,11H2,1-2H3,(H,19,21)/t12-/m1/s1. The van der Waals surface area contributed by atoms with E-state index in [0.29, 0.717) is 19.7 Å². The van der Waals surface area contributed by atoms with Gasteiger partial charge in [-0.05, 0) is 30.7 Å². The molecule has 1 aliphatic rings. The van der Waals surface area contributed by atoms with E-state index in [-0.39, 0.29) is 12.1 Å². The molecule has 0 radical (unpaired) electrons. The van der Waals surface area contributed by atoms with Gasteiger partial charge in [0.2, 0.25) is 0 Å². The Labute approximate surface area is 145 Å². The smallest absolute Gasteiger partial charge is 0.322 e. The van der Waals surface area contributed by atoms with Gasteiger partial charge >= 0.3 is 6.03 Å². The minimum Gasteiger partial charge on any atom is -0.490 e. The van der Waals surface area contributed by atoms with E-state index in [9.17, 15) is 4.79 Å². The number of ether oxygens (including phenoxy) is 2. The van der Waals surface area contributed by atoms with Crippen LogP contribution in [-0.2, 0) is 17.7 Å². The summed E-state index contributed by atoms with van der Waals surface area (Å²) < 4.78 is 10.8. The van der Waals surface area contributed by atoms with Crippen LogP contribution in [0, 0.1) is 0 Å². The van der Waals surface area contributed by atoms with Crippen LogP contribution in [-0.4, -0.2) is 42.3 Å². The van der Waals surface area contributed by atoms with E-state index in [1.807, 2.05) is 30.5 Å².